The molecular weight excluding hydrogens is 722 g/mol. The molecule has 1 fully saturated rings. The molecule has 0 saturated carbocycles. The Morgan fingerprint density at radius 2 is 1.16 bits per heavy atom. The second-order valence-corrected chi connectivity index (χ2v) is 15.5. The highest BCUT2D eigenvalue weighted by Crippen LogP contribution is 2.44. The Labute approximate surface area is 277 Å². The number of anilines is 1. The fourth-order valence-electron chi connectivity index (χ4n) is 5.77. The number of hydrogen-bond donors (Lipinski definition) is 11. The van der Waals surface area contributed by atoms with Gasteiger partial charge in [-0.05, 0) is 12.1 Å². The average Bonchev–Trinajstić information content (AvgIpc) is 3.02. The number of aliphatic hydroxyl groups is 7. The molecule has 0 aromatic heterocycles. The van der Waals surface area contributed by atoms with Crippen molar-refractivity contribution in [2.45, 2.75) is 63.7 Å². The number of rotatable bonds is 12. The van der Waals surface area contributed by atoms with Crippen molar-refractivity contribution < 1.29 is 84.1 Å². The van der Waals surface area contributed by atoms with Gasteiger partial charge in [-0.2, -0.15) is 25.3 Å². The van der Waals surface area contributed by atoms with Gasteiger partial charge in [-0.3, -0.25) is 13.7 Å². The van der Waals surface area contributed by atoms with Crippen LogP contribution in [0.3, 0.4) is 0 Å². The van der Waals surface area contributed by atoms with Crippen molar-refractivity contribution in [1.82, 2.24) is 0 Å². The number of ether oxygens (including phenoxy) is 2. The first-order valence-electron chi connectivity index (χ1n) is 14.1. The van der Waals surface area contributed by atoms with E-state index in [0.29, 0.717) is 6.07 Å². The molecule has 1 saturated heterocycles. The van der Waals surface area contributed by atoms with Crippen molar-refractivity contribution in [3.8, 4) is 0 Å². The zero-order valence-electron chi connectivity index (χ0n) is 24.7. The predicted octanol–water partition coefficient (Wildman–Crippen LogP) is -2.36. The van der Waals surface area contributed by atoms with Crippen LogP contribution in [-0.2, 0) is 39.8 Å². The van der Waals surface area contributed by atoms with E-state index in [1.54, 1.807) is 0 Å². The van der Waals surface area contributed by atoms with Crippen molar-refractivity contribution in [2.75, 3.05) is 25.1 Å². The predicted molar refractivity (Wildman–Crippen MR) is 166 cm³/mol. The van der Waals surface area contributed by atoms with Gasteiger partial charge in [0.15, 0.2) is 6.29 Å². The normalized spacial score (nSPS) is 24.4. The van der Waals surface area contributed by atoms with Gasteiger partial charge >= 0.3 is 0 Å². The summed E-state index contributed by atoms with van der Waals surface area (Å²) in [6.45, 7) is -2.20. The van der Waals surface area contributed by atoms with E-state index in [2.05, 4.69) is 5.32 Å². The van der Waals surface area contributed by atoms with E-state index in [1.807, 2.05) is 0 Å². The lowest BCUT2D eigenvalue weighted by molar-refractivity contribution is -0.306. The minimum absolute atomic E-state index is 0.0578. The quantitative estimate of drug-likeness (QED) is 0.0532. The summed E-state index contributed by atoms with van der Waals surface area (Å²) in [6, 6.07) is 6.04. The summed E-state index contributed by atoms with van der Waals surface area (Å²) in [6.07, 6.45) is -14.0. The van der Waals surface area contributed by atoms with Crippen molar-refractivity contribution >= 4 is 68.4 Å². The molecule has 49 heavy (non-hydrogen) atoms. The summed E-state index contributed by atoms with van der Waals surface area (Å²) in [5.74, 6) is 0. The minimum atomic E-state index is -5.13. The van der Waals surface area contributed by atoms with E-state index >= 15 is 0 Å². The number of benzene rings is 4. The van der Waals surface area contributed by atoms with Gasteiger partial charge in [-0.1, -0.05) is 24.3 Å². The van der Waals surface area contributed by atoms with E-state index in [-0.39, 0.29) is 38.0 Å². The Balaban J connectivity index is 1.49. The van der Waals surface area contributed by atoms with Crippen LogP contribution in [0, 0.1) is 0 Å². The van der Waals surface area contributed by atoms with Crippen molar-refractivity contribution in [3.05, 3.63) is 36.4 Å². The lowest BCUT2D eigenvalue weighted by atomic mass is 9.93. The van der Waals surface area contributed by atoms with Crippen LogP contribution in [0.4, 0.5) is 5.69 Å². The van der Waals surface area contributed by atoms with Crippen LogP contribution < -0.4 is 5.32 Å². The summed E-state index contributed by atoms with van der Waals surface area (Å²) in [4.78, 5) is -2.63. The molecule has 1 aliphatic heterocycles. The molecule has 8 atom stereocenters. The van der Waals surface area contributed by atoms with Gasteiger partial charge in [0, 0.05) is 44.5 Å². The first-order chi connectivity index (χ1) is 22.7. The van der Waals surface area contributed by atoms with Gasteiger partial charge in [0.1, 0.15) is 51.3 Å². The Morgan fingerprint density at radius 3 is 1.65 bits per heavy atom. The monoisotopic (exact) mass is 753 g/mol. The third kappa shape index (κ3) is 7.03. The fraction of sp³-hybridized carbons (Fsp3) is 0.407. The minimum Gasteiger partial charge on any atom is -0.394 e. The molecule has 0 spiro atoms. The molecule has 11 N–H and O–H groups in total. The molecule has 4 aromatic carbocycles. The van der Waals surface area contributed by atoms with Gasteiger partial charge in [0.05, 0.1) is 19.3 Å². The Morgan fingerprint density at radius 1 is 0.694 bits per heavy atom. The van der Waals surface area contributed by atoms with Crippen LogP contribution in [0.1, 0.15) is 0 Å². The molecule has 1 aliphatic rings. The zero-order chi connectivity index (χ0) is 36.4. The van der Waals surface area contributed by atoms with Gasteiger partial charge in [-0.25, -0.2) is 0 Å². The number of hydrogen-bond acceptors (Lipinski definition) is 16. The van der Waals surface area contributed by atoms with E-state index in [1.165, 1.54) is 6.07 Å². The lowest BCUT2D eigenvalue weighted by Crippen LogP contribution is -2.59. The number of aliphatic hydroxyl groups excluding tert-OH is 7. The highest BCUT2D eigenvalue weighted by Gasteiger charge is 2.44. The molecular formula is C27H31NO18S3. The van der Waals surface area contributed by atoms with Crippen LogP contribution >= 0.6 is 0 Å². The highest BCUT2D eigenvalue weighted by atomic mass is 32.2. The third-order valence-electron chi connectivity index (χ3n) is 8.19. The summed E-state index contributed by atoms with van der Waals surface area (Å²) in [7, 11) is -15.3. The lowest BCUT2D eigenvalue weighted by Gasteiger charge is -2.40. The van der Waals surface area contributed by atoms with Gasteiger partial charge in [0.2, 0.25) is 0 Å². The van der Waals surface area contributed by atoms with Crippen LogP contribution in [0.15, 0.2) is 51.1 Å². The second kappa shape index (κ2) is 13.3. The SMILES string of the molecule is O=S(=O)(O)c1cc(NC[C@@H](O)[C@H](O)[C@H](O)CO[C@H]2O[C@H](CO)[C@@H](O)[C@H](O)[C@@H]2O)c2ccc3c(S(=O)(=O)O)cc(S(=O)(=O)O)c4ccc1c2c34. The molecule has 270 valence electrons. The zero-order valence-corrected chi connectivity index (χ0v) is 27.1. The topological polar surface area (TPSA) is 335 Å². The first kappa shape index (κ1) is 37.3. The van der Waals surface area contributed by atoms with Crippen molar-refractivity contribution in [1.29, 1.82) is 0 Å². The molecule has 0 unspecified atom stereocenters. The number of nitrogens with one attached hydrogen (secondary N) is 1. The summed E-state index contributed by atoms with van der Waals surface area (Å²) in [5.41, 5.74) is -0.168. The molecule has 0 aliphatic carbocycles. The molecule has 19 nitrogen and oxygen atoms in total. The second-order valence-electron chi connectivity index (χ2n) is 11.3. The maximum Gasteiger partial charge on any atom is 0.295 e. The maximum atomic E-state index is 12.5. The third-order valence-corrected chi connectivity index (χ3v) is 10.9. The highest BCUT2D eigenvalue weighted by molar-refractivity contribution is 7.87. The van der Waals surface area contributed by atoms with E-state index < -0.39 is 114 Å². The van der Waals surface area contributed by atoms with Crippen LogP contribution in [0.5, 0.6) is 0 Å². The fourth-order valence-corrected chi connectivity index (χ4v) is 7.99. The Bertz CT molecular complexity index is 2160. The first-order valence-corrected chi connectivity index (χ1v) is 18.4. The van der Waals surface area contributed by atoms with Crippen molar-refractivity contribution in [2.24, 2.45) is 0 Å². The van der Waals surface area contributed by atoms with Gasteiger partial charge < -0.3 is 50.5 Å². The van der Waals surface area contributed by atoms with E-state index in [4.69, 9.17) is 9.47 Å². The molecule has 4 aromatic rings. The van der Waals surface area contributed by atoms with Gasteiger partial charge in [0.25, 0.3) is 30.4 Å². The average molecular weight is 754 g/mol. The van der Waals surface area contributed by atoms with E-state index in [0.717, 1.165) is 24.3 Å². The Kier molecular flexibility index (Phi) is 10.2. The molecule has 0 bridgehead atoms. The van der Waals surface area contributed by atoms with Crippen molar-refractivity contribution in [3.63, 3.8) is 0 Å². The summed E-state index contributed by atoms with van der Waals surface area (Å²) < 4.78 is 114. The van der Waals surface area contributed by atoms with Gasteiger partial charge in [-0.15, -0.1) is 0 Å². The standard InChI is InChI=1S/C27H31NO18S3/c29-8-17-24(33)25(34)26(35)27(46-17)45-9-16(31)23(32)15(30)7-28-14-5-18(47(36,37)38)11-3-4-13-20(49(42,43)44)6-19(48(39,40)41)12-2-1-10(14)21(11)22(12)13/h1-6,15-17,23-35H,7-9H2,(H,36,37,38)(H,39,40,41)(H,42,43,44)/t15-,16-,17-,23+,24-,25+,26+,27+/m1/s1. The molecule has 1 heterocycles. The maximum absolute atomic E-state index is 12.5. The largest absolute Gasteiger partial charge is 0.394 e. The smallest absolute Gasteiger partial charge is 0.295 e. The van der Waals surface area contributed by atoms with Crippen LogP contribution in [0.2, 0.25) is 0 Å². The molecule has 22 heteroatoms. The molecule has 5 rings (SSSR count). The van der Waals surface area contributed by atoms with Crippen LogP contribution in [0.25, 0.3) is 32.3 Å². The molecule has 0 amide bonds. The molecule has 0 radical (unpaired) electrons. The van der Waals surface area contributed by atoms with Crippen LogP contribution in [-0.4, -0.2) is 143 Å². The Hall–Kier alpha value is -2.91. The summed E-state index contributed by atoms with van der Waals surface area (Å²) >= 11 is 0. The van der Waals surface area contributed by atoms with E-state index in [9.17, 15) is 74.7 Å². The summed E-state index contributed by atoms with van der Waals surface area (Å²) in [5, 5.41) is 72.3.